The molecule has 0 aliphatic heterocycles. The average molecular weight is 491 g/mol. The van der Waals surface area contributed by atoms with Crippen molar-refractivity contribution in [2.75, 3.05) is 5.32 Å². The standard InChI is InChI=1S/C26H26N4O4S/c1-2-3-13-23-29-30-24(32)16-19(27-26(30)35-23)17-34-25(33)20-11-7-8-12-21(20)28-22(31)15-14-18-9-5-4-6-10-18/h4-12,16H,2-3,13-15,17H2,1H3,(H,28,31). The van der Waals surface area contributed by atoms with E-state index in [1.807, 2.05) is 30.3 Å². The summed E-state index contributed by atoms with van der Waals surface area (Å²) >= 11 is 1.36. The number of esters is 1. The maximum Gasteiger partial charge on any atom is 0.340 e. The second kappa shape index (κ2) is 11.5. The lowest BCUT2D eigenvalue weighted by Gasteiger charge is -2.11. The number of hydrogen-bond acceptors (Lipinski definition) is 7. The van der Waals surface area contributed by atoms with Crippen molar-refractivity contribution in [1.29, 1.82) is 0 Å². The number of rotatable bonds is 10. The van der Waals surface area contributed by atoms with Crippen LogP contribution in [0, 0.1) is 0 Å². The van der Waals surface area contributed by atoms with Crippen molar-refractivity contribution in [3.05, 3.63) is 92.8 Å². The number of anilines is 1. The molecule has 0 spiro atoms. The van der Waals surface area contributed by atoms with E-state index in [1.165, 1.54) is 21.9 Å². The van der Waals surface area contributed by atoms with Crippen LogP contribution in [-0.2, 0) is 29.0 Å². The first-order valence-electron chi connectivity index (χ1n) is 11.5. The van der Waals surface area contributed by atoms with Crippen molar-refractivity contribution in [3.63, 3.8) is 0 Å². The number of fused-ring (bicyclic) bond motifs is 1. The van der Waals surface area contributed by atoms with Crippen LogP contribution in [0.15, 0.2) is 65.5 Å². The van der Waals surface area contributed by atoms with Gasteiger partial charge in [-0.05, 0) is 30.5 Å². The van der Waals surface area contributed by atoms with E-state index in [-0.39, 0.29) is 30.1 Å². The summed E-state index contributed by atoms with van der Waals surface area (Å²) in [6.45, 7) is 1.93. The Balaban J connectivity index is 1.40. The number of aryl methyl sites for hydroxylation is 2. The lowest BCUT2D eigenvalue weighted by Crippen LogP contribution is -2.18. The van der Waals surface area contributed by atoms with Crippen LogP contribution in [0.1, 0.15) is 52.8 Å². The van der Waals surface area contributed by atoms with Crippen molar-refractivity contribution in [3.8, 4) is 0 Å². The van der Waals surface area contributed by atoms with Gasteiger partial charge in [0.15, 0.2) is 0 Å². The molecule has 2 aromatic carbocycles. The van der Waals surface area contributed by atoms with E-state index in [2.05, 4.69) is 22.3 Å². The van der Waals surface area contributed by atoms with Crippen LogP contribution in [0.4, 0.5) is 5.69 Å². The Hall–Kier alpha value is -3.85. The largest absolute Gasteiger partial charge is 0.456 e. The number of carbonyl (C=O) groups excluding carboxylic acids is 2. The molecule has 4 rings (SSSR count). The third-order valence-corrected chi connectivity index (χ3v) is 6.31. The molecule has 0 aliphatic rings. The first-order chi connectivity index (χ1) is 17.0. The van der Waals surface area contributed by atoms with E-state index >= 15 is 0 Å². The fourth-order valence-corrected chi connectivity index (χ4v) is 4.46. The summed E-state index contributed by atoms with van der Waals surface area (Å²) in [6.07, 6.45) is 3.70. The number of benzene rings is 2. The van der Waals surface area contributed by atoms with Gasteiger partial charge in [-0.15, -0.1) is 0 Å². The number of ether oxygens (including phenoxy) is 1. The molecule has 0 aliphatic carbocycles. The van der Waals surface area contributed by atoms with Gasteiger partial charge in [-0.25, -0.2) is 9.78 Å². The average Bonchev–Trinajstić information content (AvgIpc) is 3.29. The van der Waals surface area contributed by atoms with Crippen molar-refractivity contribution in [2.45, 2.75) is 45.6 Å². The highest BCUT2D eigenvalue weighted by atomic mass is 32.1. The molecule has 0 radical (unpaired) electrons. The molecule has 35 heavy (non-hydrogen) atoms. The molecule has 0 fully saturated rings. The van der Waals surface area contributed by atoms with Crippen LogP contribution in [0.2, 0.25) is 0 Å². The van der Waals surface area contributed by atoms with Gasteiger partial charge >= 0.3 is 5.97 Å². The predicted octanol–water partition coefficient (Wildman–Crippen LogP) is 4.42. The van der Waals surface area contributed by atoms with Gasteiger partial charge in [0, 0.05) is 18.9 Å². The fourth-order valence-electron chi connectivity index (χ4n) is 3.50. The first kappa shape index (κ1) is 24.3. The Bertz CT molecular complexity index is 1380. The van der Waals surface area contributed by atoms with Crippen LogP contribution >= 0.6 is 11.3 Å². The molecule has 2 aromatic heterocycles. The molecule has 0 unspecified atom stereocenters. The number of para-hydroxylation sites is 1. The molecule has 0 bridgehead atoms. The number of unbranched alkanes of at least 4 members (excludes halogenated alkanes) is 1. The molecule has 0 saturated carbocycles. The zero-order chi connectivity index (χ0) is 24.6. The Morgan fingerprint density at radius 1 is 1.06 bits per heavy atom. The third kappa shape index (κ3) is 6.39. The van der Waals surface area contributed by atoms with Crippen LogP contribution in [0.5, 0.6) is 0 Å². The molecule has 1 N–H and O–H groups in total. The van der Waals surface area contributed by atoms with Crippen LogP contribution in [-0.4, -0.2) is 26.5 Å². The van der Waals surface area contributed by atoms with Gasteiger partial charge in [-0.3, -0.25) is 9.59 Å². The van der Waals surface area contributed by atoms with E-state index in [1.54, 1.807) is 24.3 Å². The van der Waals surface area contributed by atoms with Gasteiger partial charge in [0.2, 0.25) is 10.9 Å². The van der Waals surface area contributed by atoms with Crippen molar-refractivity contribution < 1.29 is 14.3 Å². The SMILES string of the molecule is CCCCc1nn2c(=O)cc(COC(=O)c3ccccc3NC(=O)CCc3ccccc3)nc2s1. The van der Waals surface area contributed by atoms with Gasteiger partial charge in [-0.2, -0.15) is 9.61 Å². The number of aromatic nitrogens is 3. The summed E-state index contributed by atoms with van der Waals surface area (Å²) in [6, 6.07) is 17.7. The van der Waals surface area contributed by atoms with Gasteiger partial charge in [-0.1, -0.05) is 67.1 Å². The Labute approximate surface area is 206 Å². The number of carbonyl (C=O) groups is 2. The lowest BCUT2D eigenvalue weighted by molar-refractivity contribution is -0.116. The summed E-state index contributed by atoms with van der Waals surface area (Å²) in [7, 11) is 0. The topological polar surface area (TPSA) is 103 Å². The maximum atomic E-state index is 12.8. The smallest absolute Gasteiger partial charge is 0.340 e. The van der Waals surface area contributed by atoms with E-state index in [9.17, 15) is 14.4 Å². The zero-order valence-corrected chi connectivity index (χ0v) is 20.2. The number of hydrogen-bond donors (Lipinski definition) is 1. The number of nitrogens with one attached hydrogen (secondary N) is 1. The molecule has 180 valence electrons. The molecule has 8 nitrogen and oxygen atoms in total. The summed E-state index contributed by atoms with van der Waals surface area (Å²) in [5, 5.41) is 7.97. The Morgan fingerprint density at radius 2 is 1.83 bits per heavy atom. The molecule has 4 aromatic rings. The Kier molecular flexibility index (Phi) is 7.99. The van der Waals surface area contributed by atoms with Crippen LogP contribution < -0.4 is 10.9 Å². The van der Waals surface area contributed by atoms with Crippen molar-refractivity contribution >= 4 is 33.9 Å². The van der Waals surface area contributed by atoms with Crippen LogP contribution in [0.25, 0.3) is 4.96 Å². The third-order valence-electron chi connectivity index (χ3n) is 5.34. The van der Waals surface area contributed by atoms with Gasteiger partial charge in [0.25, 0.3) is 5.56 Å². The normalized spacial score (nSPS) is 10.9. The highest BCUT2D eigenvalue weighted by Gasteiger charge is 2.16. The minimum Gasteiger partial charge on any atom is -0.456 e. The molecule has 0 atom stereocenters. The maximum absolute atomic E-state index is 12.8. The van der Waals surface area contributed by atoms with Gasteiger partial charge in [0.05, 0.1) is 16.9 Å². The summed E-state index contributed by atoms with van der Waals surface area (Å²) < 4.78 is 6.70. The van der Waals surface area contributed by atoms with Crippen molar-refractivity contribution in [1.82, 2.24) is 14.6 Å². The van der Waals surface area contributed by atoms with Crippen LogP contribution in [0.3, 0.4) is 0 Å². The molecule has 2 heterocycles. The molecule has 9 heteroatoms. The van der Waals surface area contributed by atoms with Crippen molar-refractivity contribution in [2.24, 2.45) is 0 Å². The van der Waals surface area contributed by atoms with E-state index in [0.29, 0.717) is 22.8 Å². The predicted molar refractivity (Wildman–Crippen MR) is 135 cm³/mol. The highest BCUT2D eigenvalue weighted by molar-refractivity contribution is 7.16. The number of nitrogens with zero attached hydrogens (tertiary/aromatic N) is 3. The quantitative estimate of drug-likeness (QED) is 0.330. The molecular weight excluding hydrogens is 464 g/mol. The lowest BCUT2D eigenvalue weighted by atomic mass is 10.1. The first-order valence-corrected chi connectivity index (χ1v) is 12.3. The minimum absolute atomic E-state index is 0.164. The zero-order valence-electron chi connectivity index (χ0n) is 19.4. The second-order valence-corrected chi connectivity index (χ2v) is 9.08. The second-order valence-electron chi connectivity index (χ2n) is 8.03. The van der Waals surface area contributed by atoms with E-state index < -0.39 is 5.97 Å². The monoisotopic (exact) mass is 490 g/mol. The fraction of sp³-hybridized carbons (Fsp3) is 0.269. The van der Waals surface area contributed by atoms with Gasteiger partial charge in [0.1, 0.15) is 11.6 Å². The summed E-state index contributed by atoms with van der Waals surface area (Å²) in [5.41, 5.74) is 1.71. The summed E-state index contributed by atoms with van der Waals surface area (Å²) in [5.74, 6) is -0.808. The Morgan fingerprint density at radius 3 is 2.63 bits per heavy atom. The molecule has 0 saturated heterocycles. The minimum atomic E-state index is -0.612. The molecule has 1 amide bonds. The highest BCUT2D eigenvalue weighted by Crippen LogP contribution is 2.18. The molecular formula is C26H26N4O4S. The summed E-state index contributed by atoms with van der Waals surface area (Å²) in [4.78, 5) is 42.6. The van der Waals surface area contributed by atoms with Gasteiger partial charge < -0.3 is 10.1 Å². The number of amides is 1. The van der Waals surface area contributed by atoms with E-state index in [4.69, 9.17) is 4.74 Å². The van der Waals surface area contributed by atoms with E-state index in [0.717, 1.165) is 29.8 Å².